The molecule has 84 valence electrons. The van der Waals surface area contributed by atoms with Gasteiger partial charge in [0, 0.05) is 19.3 Å². The molecule has 0 saturated heterocycles. The van der Waals surface area contributed by atoms with E-state index in [4.69, 9.17) is 17.3 Å². The fourth-order valence-electron chi connectivity index (χ4n) is 0.956. The van der Waals surface area contributed by atoms with Gasteiger partial charge >= 0.3 is 0 Å². The van der Waals surface area contributed by atoms with E-state index in [2.05, 4.69) is 9.71 Å². The van der Waals surface area contributed by atoms with Gasteiger partial charge in [0.25, 0.3) is 0 Å². The average Bonchev–Trinajstić information content (AvgIpc) is 2.19. The highest BCUT2D eigenvalue weighted by Gasteiger charge is 2.14. The lowest BCUT2D eigenvalue weighted by molar-refractivity contribution is 0.581. The Balaban J connectivity index is 3.00. The molecule has 3 N–H and O–H groups in total. The first-order chi connectivity index (χ1) is 6.97. The highest BCUT2D eigenvalue weighted by atomic mass is 35.5. The van der Waals surface area contributed by atoms with E-state index in [-0.39, 0.29) is 18.0 Å². The Morgan fingerprint density at radius 3 is 2.80 bits per heavy atom. The number of nitrogens with one attached hydrogen (secondary N) is 1. The molecule has 0 aliphatic rings. The quantitative estimate of drug-likeness (QED) is 0.751. The summed E-state index contributed by atoms with van der Waals surface area (Å²) in [6.07, 6.45) is 1.22. The molecule has 7 heteroatoms. The van der Waals surface area contributed by atoms with Crippen LogP contribution in [0.1, 0.15) is 5.56 Å². The molecule has 0 bridgehead atoms. The maximum atomic E-state index is 11.6. The number of nitrogens with zero attached hydrogens (tertiary/aromatic N) is 1. The van der Waals surface area contributed by atoms with Crippen molar-refractivity contribution in [2.75, 3.05) is 13.1 Å². The van der Waals surface area contributed by atoms with Crippen molar-refractivity contribution in [2.45, 2.75) is 11.8 Å². The fraction of sp³-hybridized carbons (Fsp3) is 0.375. The summed E-state index contributed by atoms with van der Waals surface area (Å²) < 4.78 is 25.5. The third kappa shape index (κ3) is 3.13. The molecule has 1 heterocycles. The Kier molecular flexibility index (Phi) is 4.04. The molecular weight excluding hydrogens is 238 g/mol. The molecular formula is C8H12ClN3O2S. The van der Waals surface area contributed by atoms with E-state index < -0.39 is 10.0 Å². The van der Waals surface area contributed by atoms with Crippen molar-refractivity contribution in [3.63, 3.8) is 0 Å². The predicted octanol–water partition coefficient (Wildman–Crippen LogP) is 0.280. The predicted molar refractivity (Wildman–Crippen MR) is 58.2 cm³/mol. The zero-order chi connectivity index (χ0) is 11.5. The van der Waals surface area contributed by atoms with E-state index >= 15 is 0 Å². The van der Waals surface area contributed by atoms with Gasteiger partial charge in [-0.05, 0) is 18.6 Å². The number of nitrogens with two attached hydrogens (primary N) is 1. The van der Waals surface area contributed by atoms with Gasteiger partial charge in [-0.1, -0.05) is 11.6 Å². The van der Waals surface area contributed by atoms with Crippen LogP contribution in [0.25, 0.3) is 0 Å². The van der Waals surface area contributed by atoms with E-state index in [1.165, 1.54) is 12.3 Å². The van der Waals surface area contributed by atoms with E-state index in [0.29, 0.717) is 10.7 Å². The summed E-state index contributed by atoms with van der Waals surface area (Å²) >= 11 is 5.69. The molecule has 0 fully saturated rings. The molecule has 0 aromatic carbocycles. The molecule has 0 saturated carbocycles. The zero-order valence-electron chi connectivity index (χ0n) is 8.20. The van der Waals surface area contributed by atoms with Crippen LogP contribution >= 0.6 is 11.6 Å². The van der Waals surface area contributed by atoms with Gasteiger partial charge in [0.15, 0.2) is 0 Å². The standard InChI is InChI=1S/C8H12ClN3O2S/c1-6-4-7(5-11-8(6)9)15(13,14)12-3-2-10/h4-5,12H,2-3,10H2,1H3. The van der Waals surface area contributed by atoms with E-state index in [9.17, 15) is 8.42 Å². The van der Waals surface area contributed by atoms with Crippen LogP contribution in [0.15, 0.2) is 17.2 Å². The molecule has 0 aliphatic carbocycles. The summed E-state index contributed by atoms with van der Waals surface area (Å²) in [5, 5.41) is 0.299. The van der Waals surface area contributed by atoms with E-state index in [0.717, 1.165) is 0 Å². The Bertz CT molecular complexity index is 447. The third-order valence-corrected chi connectivity index (χ3v) is 3.56. The second-order valence-corrected chi connectivity index (χ2v) is 5.09. The molecule has 0 radical (unpaired) electrons. The number of sulfonamides is 1. The molecule has 1 rings (SSSR count). The molecule has 0 aliphatic heterocycles. The topological polar surface area (TPSA) is 85.1 Å². The van der Waals surface area contributed by atoms with E-state index in [1.54, 1.807) is 6.92 Å². The lowest BCUT2D eigenvalue weighted by Gasteiger charge is -2.06. The monoisotopic (exact) mass is 249 g/mol. The number of aryl methyl sites for hydroxylation is 1. The lowest BCUT2D eigenvalue weighted by Crippen LogP contribution is -2.29. The van der Waals surface area contributed by atoms with Crippen LogP contribution in [0, 0.1) is 6.92 Å². The molecule has 5 nitrogen and oxygen atoms in total. The highest BCUT2D eigenvalue weighted by molar-refractivity contribution is 7.89. The van der Waals surface area contributed by atoms with Gasteiger partial charge in [0.05, 0.1) is 0 Å². The fourth-order valence-corrected chi connectivity index (χ4v) is 2.14. The van der Waals surface area contributed by atoms with Gasteiger partial charge in [0.2, 0.25) is 10.0 Å². The van der Waals surface area contributed by atoms with Gasteiger partial charge in [-0.3, -0.25) is 0 Å². The third-order valence-electron chi connectivity index (χ3n) is 1.74. The average molecular weight is 250 g/mol. The van der Waals surface area contributed by atoms with Crippen LogP contribution in [0.3, 0.4) is 0 Å². The number of hydrogen-bond donors (Lipinski definition) is 2. The number of aromatic nitrogens is 1. The maximum absolute atomic E-state index is 11.6. The number of pyridine rings is 1. The summed E-state index contributed by atoms with van der Waals surface area (Å²) in [4.78, 5) is 3.86. The minimum Gasteiger partial charge on any atom is -0.329 e. The first kappa shape index (κ1) is 12.4. The highest BCUT2D eigenvalue weighted by Crippen LogP contribution is 2.15. The Labute approximate surface area is 93.7 Å². The summed E-state index contributed by atoms with van der Waals surface area (Å²) in [6.45, 7) is 2.14. The minimum atomic E-state index is -3.51. The first-order valence-electron chi connectivity index (χ1n) is 4.29. The first-order valence-corrected chi connectivity index (χ1v) is 6.15. The smallest absolute Gasteiger partial charge is 0.242 e. The molecule has 0 spiro atoms. The molecule has 1 aromatic rings. The molecule has 0 atom stereocenters. The van der Waals surface area contributed by atoms with Crippen molar-refractivity contribution in [1.29, 1.82) is 0 Å². The lowest BCUT2D eigenvalue weighted by atomic mass is 10.3. The van der Waals surface area contributed by atoms with Crippen molar-refractivity contribution in [2.24, 2.45) is 5.73 Å². The molecule has 15 heavy (non-hydrogen) atoms. The van der Waals surface area contributed by atoms with Gasteiger partial charge in [-0.15, -0.1) is 0 Å². The van der Waals surface area contributed by atoms with Gasteiger partial charge in [-0.2, -0.15) is 0 Å². The van der Waals surface area contributed by atoms with Gasteiger partial charge in [-0.25, -0.2) is 18.1 Å². The van der Waals surface area contributed by atoms with E-state index in [1.807, 2.05) is 0 Å². The number of hydrogen-bond acceptors (Lipinski definition) is 4. The SMILES string of the molecule is Cc1cc(S(=O)(=O)NCCN)cnc1Cl. The normalized spacial score (nSPS) is 11.7. The second kappa shape index (κ2) is 4.89. The van der Waals surface area contributed by atoms with Crippen LogP contribution in [-0.2, 0) is 10.0 Å². The molecule has 0 amide bonds. The summed E-state index contributed by atoms with van der Waals surface area (Å²) in [7, 11) is -3.51. The van der Waals surface area contributed by atoms with Crippen molar-refractivity contribution in [1.82, 2.24) is 9.71 Å². The van der Waals surface area contributed by atoms with Crippen molar-refractivity contribution < 1.29 is 8.42 Å². The summed E-state index contributed by atoms with van der Waals surface area (Å²) in [6, 6.07) is 1.47. The summed E-state index contributed by atoms with van der Waals surface area (Å²) in [5.41, 5.74) is 5.82. The minimum absolute atomic E-state index is 0.0952. The van der Waals surface area contributed by atoms with Crippen LogP contribution in [-0.4, -0.2) is 26.5 Å². The van der Waals surface area contributed by atoms with Gasteiger partial charge < -0.3 is 5.73 Å². The number of halogens is 1. The van der Waals surface area contributed by atoms with Crippen LogP contribution < -0.4 is 10.5 Å². The maximum Gasteiger partial charge on any atom is 0.242 e. The number of rotatable bonds is 4. The second-order valence-electron chi connectivity index (χ2n) is 2.97. The van der Waals surface area contributed by atoms with Crippen LogP contribution in [0.4, 0.5) is 0 Å². The van der Waals surface area contributed by atoms with Crippen molar-refractivity contribution in [3.05, 3.63) is 23.0 Å². The van der Waals surface area contributed by atoms with Crippen LogP contribution in [0.5, 0.6) is 0 Å². The summed E-state index contributed by atoms with van der Waals surface area (Å²) in [5.74, 6) is 0. The van der Waals surface area contributed by atoms with Gasteiger partial charge in [0.1, 0.15) is 10.0 Å². The zero-order valence-corrected chi connectivity index (χ0v) is 9.77. The molecule has 1 aromatic heterocycles. The largest absolute Gasteiger partial charge is 0.329 e. The Morgan fingerprint density at radius 2 is 2.27 bits per heavy atom. The van der Waals surface area contributed by atoms with Crippen molar-refractivity contribution >= 4 is 21.6 Å². The molecule has 0 unspecified atom stereocenters. The Morgan fingerprint density at radius 1 is 1.60 bits per heavy atom. The Hall–Kier alpha value is -0.690. The van der Waals surface area contributed by atoms with Crippen LogP contribution in [0.2, 0.25) is 5.15 Å². The van der Waals surface area contributed by atoms with Crippen molar-refractivity contribution in [3.8, 4) is 0 Å².